The minimum absolute atomic E-state index is 0.165. The Labute approximate surface area is 165 Å². The lowest BCUT2D eigenvalue weighted by molar-refractivity contribution is -0.206. The van der Waals surface area contributed by atoms with Crippen LogP contribution >= 0.6 is 15.9 Å². The number of halogens is 1. The van der Waals surface area contributed by atoms with Gasteiger partial charge in [0, 0.05) is 20.2 Å². The van der Waals surface area contributed by atoms with Gasteiger partial charge in [-0.1, -0.05) is 6.07 Å². The standard InChI is InChI=1S/C20H30BrNO4/c1-20(2,3)19(23)26-22-9-7-15(8-10-22)13-16-5-6-17(21)18(14-16)25-12-11-24-4/h5-6,14-15H,7-13H2,1-4H3. The van der Waals surface area contributed by atoms with Gasteiger partial charge in [-0.2, -0.15) is 0 Å². The Hall–Kier alpha value is -1.11. The Bertz CT molecular complexity index is 592. The van der Waals surface area contributed by atoms with Gasteiger partial charge in [0.15, 0.2) is 0 Å². The molecule has 0 unspecified atom stereocenters. The van der Waals surface area contributed by atoms with Crippen LogP contribution in [0, 0.1) is 11.3 Å². The lowest BCUT2D eigenvalue weighted by Crippen LogP contribution is -2.39. The lowest BCUT2D eigenvalue weighted by Gasteiger charge is -2.32. The molecular weight excluding hydrogens is 398 g/mol. The largest absolute Gasteiger partial charge is 0.490 e. The summed E-state index contributed by atoms with van der Waals surface area (Å²) in [5, 5.41) is 1.81. The second-order valence-corrected chi connectivity index (χ2v) is 8.67. The maximum Gasteiger partial charge on any atom is 0.330 e. The van der Waals surface area contributed by atoms with Crippen LogP contribution in [0.4, 0.5) is 0 Å². The summed E-state index contributed by atoms with van der Waals surface area (Å²) < 4.78 is 11.8. The summed E-state index contributed by atoms with van der Waals surface area (Å²) in [7, 11) is 1.67. The maximum absolute atomic E-state index is 12.0. The summed E-state index contributed by atoms with van der Waals surface area (Å²) in [5.41, 5.74) is 0.804. The summed E-state index contributed by atoms with van der Waals surface area (Å²) in [5.74, 6) is 1.28. The van der Waals surface area contributed by atoms with E-state index >= 15 is 0 Å². The monoisotopic (exact) mass is 427 g/mol. The van der Waals surface area contributed by atoms with Crippen LogP contribution in [0.3, 0.4) is 0 Å². The van der Waals surface area contributed by atoms with Gasteiger partial charge in [-0.15, -0.1) is 5.06 Å². The first-order valence-corrected chi connectivity index (χ1v) is 9.96. The number of rotatable bonds is 7. The van der Waals surface area contributed by atoms with Crippen LogP contribution in [0.1, 0.15) is 39.2 Å². The van der Waals surface area contributed by atoms with E-state index < -0.39 is 5.41 Å². The van der Waals surface area contributed by atoms with Crippen molar-refractivity contribution >= 4 is 21.9 Å². The molecule has 1 aromatic rings. The van der Waals surface area contributed by atoms with Crippen LogP contribution in [0.5, 0.6) is 5.75 Å². The number of carbonyl (C=O) groups is 1. The molecule has 1 heterocycles. The van der Waals surface area contributed by atoms with Crippen LogP contribution in [-0.4, -0.2) is 44.4 Å². The molecule has 1 fully saturated rings. The van der Waals surface area contributed by atoms with E-state index in [4.69, 9.17) is 14.3 Å². The highest BCUT2D eigenvalue weighted by molar-refractivity contribution is 9.10. The van der Waals surface area contributed by atoms with Crippen molar-refractivity contribution in [1.29, 1.82) is 0 Å². The molecule has 0 bridgehead atoms. The Balaban J connectivity index is 1.83. The minimum atomic E-state index is -0.465. The van der Waals surface area contributed by atoms with Gasteiger partial charge in [0.25, 0.3) is 0 Å². The van der Waals surface area contributed by atoms with Gasteiger partial charge in [-0.3, -0.25) is 0 Å². The van der Waals surface area contributed by atoms with Crippen molar-refractivity contribution in [2.45, 2.75) is 40.0 Å². The van der Waals surface area contributed by atoms with Gasteiger partial charge < -0.3 is 14.3 Å². The average molecular weight is 428 g/mol. The summed E-state index contributed by atoms with van der Waals surface area (Å²) in [6.45, 7) is 8.32. The normalized spacial score (nSPS) is 16.5. The topological polar surface area (TPSA) is 48.0 Å². The summed E-state index contributed by atoms with van der Waals surface area (Å²) >= 11 is 3.53. The number of hydrogen-bond donors (Lipinski definition) is 0. The SMILES string of the molecule is COCCOc1cc(CC2CCN(OC(=O)C(C)(C)C)CC2)ccc1Br. The molecule has 0 aliphatic carbocycles. The summed E-state index contributed by atoms with van der Waals surface area (Å²) in [4.78, 5) is 17.5. The third-order valence-electron chi connectivity index (χ3n) is 4.46. The zero-order valence-corrected chi connectivity index (χ0v) is 17.8. The smallest absolute Gasteiger partial charge is 0.330 e. The Morgan fingerprint density at radius 3 is 2.54 bits per heavy atom. The van der Waals surface area contributed by atoms with Crippen molar-refractivity contribution in [1.82, 2.24) is 5.06 Å². The molecule has 2 rings (SSSR count). The molecular formula is C20H30BrNO4. The minimum Gasteiger partial charge on any atom is -0.490 e. The van der Waals surface area contributed by atoms with E-state index in [1.807, 2.05) is 31.9 Å². The zero-order valence-electron chi connectivity index (χ0n) is 16.2. The van der Waals surface area contributed by atoms with Crippen LogP contribution in [-0.2, 0) is 20.8 Å². The molecule has 1 aliphatic heterocycles. The highest BCUT2D eigenvalue weighted by atomic mass is 79.9. The predicted molar refractivity (Wildman–Crippen MR) is 105 cm³/mol. The average Bonchev–Trinajstić information content (AvgIpc) is 2.58. The number of piperidine rings is 1. The fourth-order valence-corrected chi connectivity index (χ4v) is 3.17. The highest BCUT2D eigenvalue weighted by Gasteiger charge is 2.28. The van der Waals surface area contributed by atoms with Crippen molar-refractivity contribution in [3.63, 3.8) is 0 Å². The van der Waals surface area contributed by atoms with Gasteiger partial charge in [0.1, 0.15) is 12.4 Å². The molecule has 6 heteroatoms. The Kier molecular flexibility index (Phi) is 7.92. The number of benzene rings is 1. The second kappa shape index (κ2) is 9.72. The Morgan fingerprint density at radius 1 is 1.23 bits per heavy atom. The molecule has 0 spiro atoms. The summed E-state index contributed by atoms with van der Waals surface area (Å²) in [6, 6.07) is 6.28. The van der Waals surface area contributed by atoms with Crippen LogP contribution in [0.15, 0.2) is 22.7 Å². The molecule has 1 saturated heterocycles. The van der Waals surface area contributed by atoms with E-state index in [0.29, 0.717) is 19.1 Å². The molecule has 1 aromatic carbocycles. The van der Waals surface area contributed by atoms with E-state index in [1.165, 1.54) is 5.56 Å². The van der Waals surface area contributed by atoms with E-state index in [2.05, 4.69) is 28.1 Å². The molecule has 0 amide bonds. The van der Waals surface area contributed by atoms with Gasteiger partial charge in [-0.05, 0) is 79.6 Å². The molecule has 0 aromatic heterocycles. The van der Waals surface area contributed by atoms with Gasteiger partial charge in [0.2, 0.25) is 0 Å². The Morgan fingerprint density at radius 2 is 1.92 bits per heavy atom. The van der Waals surface area contributed by atoms with E-state index in [0.717, 1.165) is 42.6 Å². The van der Waals surface area contributed by atoms with E-state index in [9.17, 15) is 4.79 Å². The number of ether oxygens (including phenoxy) is 2. The van der Waals surface area contributed by atoms with Gasteiger partial charge >= 0.3 is 5.97 Å². The predicted octanol–water partition coefficient (Wildman–Crippen LogP) is 4.23. The second-order valence-electron chi connectivity index (χ2n) is 7.81. The molecule has 0 saturated carbocycles. The molecule has 146 valence electrons. The number of carbonyl (C=O) groups excluding carboxylic acids is 1. The number of nitrogens with zero attached hydrogens (tertiary/aromatic N) is 1. The van der Waals surface area contributed by atoms with Crippen molar-refractivity contribution in [3.8, 4) is 5.75 Å². The molecule has 1 aliphatic rings. The van der Waals surface area contributed by atoms with Crippen LogP contribution < -0.4 is 4.74 Å². The van der Waals surface area contributed by atoms with Crippen LogP contribution in [0.2, 0.25) is 0 Å². The first-order valence-electron chi connectivity index (χ1n) is 9.17. The fourth-order valence-electron chi connectivity index (χ4n) is 2.81. The number of methoxy groups -OCH3 is 1. The maximum atomic E-state index is 12.0. The molecule has 0 N–H and O–H groups in total. The molecule has 5 nitrogen and oxygen atoms in total. The van der Waals surface area contributed by atoms with Crippen molar-refractivity contribution in [2.75, 3.05) is 33.4 Å². The third kappa shape index (κ3) is 6.56. The number of hydrogen-bond acceptors (Lipinski definition) is 5. The zero-order chi connectivity index (χ0) is 19.2. The molecule has 0 radical (unpaired) electrons. The lowest BCUT2D eigenvalue weighted by atomic mass is 9.91. The van der Waals surface area contributed by atoms with Crippen molar-refractivity contribution < 1.29 is 19.1 Å². The molecule has 0 atom stereocenters. The van der Waals surface area contributed by atoms with Crippen molar-refractivity contribution in [3.05, 3.63) is 28.2 Å². The van der Waals surface area contributed by atoms with Gasteiger partial charge in [-0.25, -0.2) is 4.79 Å². The van der Waals surface area contributed by atoms with Crippen molar-refractivity contribution in [2.24, 2.45) is 11.3 Å². The van der Waals surface area contributed by atoms with Gasteiger partial charge in [0.05, 0.1) is 16.5 Å². The quantitative estimate of drug-likeness (QED) is 0.609. The third-order valence-corrected chi connectivity index (χ3v) is 5.12. The number of hydroxylamine groups is 2. The first-order chi connectivity index (χ1) is 12.3. The van der Waals surface area contributed by atoms with E-state index in [1.54, 1.807) is 7.11 Å². The highest BCUT2D eigenvalue weighted by Crippen LogP contribution is 2.29. The first kappa shape index (κ1) is 21.2. The fraction of sp³-hybridized carbons (Fsp3) is 0.650. The summed E-state index contributed by atoms with van der Waals surface area (Å²) in [6.07, 6.45) is 3.05. The molecule has 26 heavy (non-hydrogen) atoms. The van der Waals surface area contributed by atoms with Crippen LogP contribution in [0.25, 0.3) is 0 Å². The van der Waals surface area contributed by atoms with E-state index in [-0.39, 0.29) is 5.97 Å².